The second-order valence-electron chi connectivity index (χ2n) is 4.85. The Morgan fingerprint density at radius 1 is 1.17 bits per heavy atom. The number of ether oxygens (including phenoxy) is 2. The molecule has 0 aliphatic carbocycles. The van der Waals surface area contributed by atoms with Gasteiger partial charge in [-0.15, -0.1) is 11.8 Å². The van der Waals surface area contributed by atoms with Gasteiger partial charge >= 0.3 is 11.9 Å². The minimum absolute atomic E-state index is 0.0283. The fraction of sp³-hybridized carbons (Fsp3) is 0.333. The third kappa shape index (κ3) is 4.97. The Balaban J connectivity index is 3.21. The number of allylic oxidation sites excluding steroid dienone is 1. The normalized spacial score (nSPS) is 11.2. The van der Waals surface area contributed by atoms with Gasteiger partial charge in [-0.3, -0.25) is 9.59 Å². The number of halogens is 1. The summed E-state index contributed by atoms with van der Waals surface area (Å²) in [6.45, 7) is 1.65. The molecule has 0 aliphatic rings. The van der Waals surface area contributed by atoms with Gasteiger partial charge in [-0.05, 0) is 23.0 Å². The number of benzene rings is 1. The van der Waals surface area contributed by atoms with Crippen molar-refractivity contribution in [3.8, 4) is 11.8 Å². The minimum Gasteiger partial charge on any atom is -0.468 e. The molecule has 1 aromatic carbocycles. The van der Waals surface area contributed by atoms with Gasteiger partial charge in [0.2, 0.25) is 0 Å². The number of hydrogen-bond acceptors (Lipinski definition) is 4. The summed E-state index contributed by atoms with van der Waals surface area (Å²) in [7, 11) is 2.49. The van der Waals surface area contributed by atoms with Crippen molar-refractivity contribution in [2.75, 3.05) is 14.2 Å². The Morgan fingerprint density at radius 3 is 2.22 bits per heavy atom. The highest BCUT2D eigenvalue weighted by Gasteiger charge is 2.48. The maximum atomic E-state index is 12.3. The van der Waals surface area contributed by atoms with Crippen LogP contribution in [0.5, 0.6) is 0 Å². The smallest absolute Gasteiger partial charge is 0.324 e. The third-order valence-electron chi connectivity index (χ3n) is 3.31. The second kappa shape index (κ2) is 9.16. The van der Waals surface area contributed by atoms with Crippen molar-refractivity contribution >= 4 is 33.9 Å². The lowest BCUT2D eigenvalue weighted by molar-refractivity contribution is -0.168. The van der Waals surface area contributed by atoms with E-state index in [2.05, 4.69) is 27.8 Å². The highest BCUT2D eigenvalue weighted by atomic mass is 79.9. The molecule has 0 saturated heterocycles. The summed E-state index contributed by atoms with van der Waals surface area (Å²) in [4.78, 5) is 24.6. The standard InChI is InChI=1S/C18H19BrO4/c1-4-5-11-18(16(20)22-2,17(21)23-3)13-15(19)12-14-9-7-6-8-10-14/h6-10,12H,11,13H2,1-3H3/b15-12-. The molecule has 0 bridgehead atoms. The van der Waals surface area contributed by atoms with Crippen LogP contribution < -0.4 is 0 Å². The van der Waals surface area contributed by atoms with E-state index in [1.807, 2.05) is 36.4 Å². The first kappa shape index (κ1) is 19.0. The number of hydrogen-bond donors (Lipinski definition) is 0. The van der Waals surface area contributed by atoms with Gasteiger partial charge in [0.1, 0.15) is 0 Å². The summed E-state index contributed by atoms with van der Waals surface area (Å²) >= 11 is 3.43. The summed E-state index contributed by atoms with van der Waals surface area (Å²) in [6, 6.07) is 9.57. The SMILES string of the molecule is CC#CCC(C/C(Br)=C/c1ccccc1)(C(=O)OC)C(=O)OC. The summed E-state index contributed by atoms with van der Waals surface area (Å²) in [5.74, 6) is 4.17. The molecule has 0 amide bonds. The molecule has 0 unspecified atom stereocenters. The van der Waals surface area contributed by atoms with E-state index in [1.54, 1.807) is 6.92 Å². The molecule has 0 saturated carbocycles. The van der Waals surface area contributed by atoms with E-state index in [0.717, 1.165) is 5.56 Å². The highest BCUT2D eigenvalue weighted by Crippen LogP contribution is 2.36. The average molecular weight is 379 g/mol. The fourth-order valence-corrected chi connectivity index (χ4v) is 2.88. The first-order chi connectivity index (χ1) is 11.0. The molecule has 23 heavy (non-hydrogen) atoms. The number of esters is 2. The molecule has 0 fully saturated rings. The average Bonchev–Trinajstić information content (AvgIpc) is 2.57. The van der Waals surface area contributed by atoms with Gasteiger partial charge in [0, 0.05) is 12.8 Å². The largest absolute Gasteiger partial charge is 0.468 e. The third-order valence-corrected chi connectivity index (χ3v) is 3.82. The molecule has 1 aromatic rings. The summed E-state index contributed by atoms with van der Waals surface area (Å²) < 4.78 is 10.3. The molecule has 0 aromatic heterocycles. The zero-order chi connectivity index (χ0) is 17.3. The van der Waals surface area contributed by atoms with E-state index in [0.29, 0.717) is 4.48 Å². The topological polar surface area (TPSA) is 52.6 Å². The summed E-state index contributed by atoms with van der Waals surface area (Å²) in [5.41, 5.74) is -0.541. The Kier molecular flexibility index (Phi) is 7.56. The lowest BCUT2D eigenvalue weighted by atomic mass is 9.81. The zero-order valence-electron chi connectivity index (χ0n) is 13.4. The van der Waals surface area contributed by atoms with Crippen LogP contribution in [-0.2, 0) is 19.1 Å². The van der Waals surface area contributed by atoms with Crippen molar-refractivity contribution in [1.29, 1.82) is 0 Å². The van der Waals surface area contributed by atoms with Crippen LogP contribution in [0.25, 0.3) is 6.08 Å². The maximum absolute atomic E-state index is 12.3. The van der Waals surface area contributed by atoms with Crippen LogP contribution in [0, 0.1) is 17.3 Å². The number of rotatable bonds is 6. The predicted octanol–water partition coefficient (Wildman–Crippen LogP) is 3.56. The fourth-order valence-electron chi connectivity index (χ4n) is 2.13. The van der Waals surface area contributed by atoms with E-state index >= 15 is 0 Å². The summed E-state index contributed by atoms with van der Waals surface area (Å²) in [5, 5.41) is 0. The van der Waals surface area contributed by atoms with E-state index in [4.69, 9.17) is 9.47 Å². The lowest BCUT2D eigenvalue weighted by Gasteiger charge is -2.26. The van der Waals surface area contributed by atoms with E-state index in [-0.39, 0.29) is 12.8 Å². The molecule has 0 spiro atoms. The van der Waals surface area contributed by atoms with Crippen molar-refractivity contribution in [2.45, 2.75) is 19.8 Å². The van der Waals surface area contributed by atoms with E-state index in [1.165, 1.54) is 14.2 Å². The van der Waals surface area contributed by atoms with Crippen LogP contribution in [0.3, 0.4) is 0 Å². The molecule has 0 heterocycles. The molecule has 0 atom stereocenters. The predicted molar refractivity (Wildman–Crippen MR) is 92.5 cm³/mol. The van der Waals surface area contributed by atoms with Gasteiger partial charge in [-0.25, -0.2) is 0 Å². The molecule has 0 radical (unpaired) electrons. The molecule has 1 rings (SSSR count). The monoisotopic (exact) mass is 378 g/mol. The first-order valence-corrected chi connectivity index (χ1v) is 7.77. The van der Waals surface area contributed by atoms with Crippen LogP contribution in [0.4, 0.5) is 0 Å². The highest BCUT2D eigenvalue weighted by molar-refractivity contribution is 9.11. The second-order valence-corrected chi connectivity index (χ2v) is 5.87. The molecule has 122 valence electrons. The van der Waals surface area contributed by atoms with E-state index < -0.39 is 17.4 Å². The minimum atomic E-state index is -1.49. The van der Waals surface area contributed by atoms with Gasteiger partial charge in [-0.1, -0.05) is 46.3 Å². The lowest BCUT2D eigenvalue weighted by Crippen LogP contribution is -2.41. The van der Waals surface area contributed by atoms with Crippen LogP contribution >= 0.6 is 15.9 Å². The van der Waals surface area contributed by atoms with Crippen molar-refractivity contribution < 1.29 is 19.1 Å². The van der Waals surface area contributed by atoms with Crippen molar-refractivity contribution in [3.63, 3.8) is 0 Å². The zero-order valence-corrected chi connectivity index (χ0v) is 15.0. The molecule has 4 nitrogen and oxygen atoms in total. The number of carbonyl (C=O) groups is 2. The van der Waals surface area contributed by atoms with Crippen molar-refractivity contribution in [3.05, 3.63) is 40.4 Å². The first-order valence-electron chi connectivity index (χ1n) is 6.97. The summed E-state index contributed by atoms with van der Waals surface area (Å²) in [6.07, 6.45) is 1.98. The van der Waals surface area contributed by atoms with Crippen LogP contribution in [0.15, 0.2) is 34.8 Å². The van der Waals surface area contributed by atoms with E-state index in [9.17, 15) is 9.59 Å². The molecule has 0 aliphatic heterocycles. The van der Waals surface area contributed by atoms with Gasteiger partial charge in [0.25, 0.3) is 0 Å². The molecular weight excluding hydrogens is 360 g/mol. The van der Waals surface area contributed by atoms with Crippen LogP contribution in [-0.4, -0.2) is 26.2 Å². The Bertz CT molecular complexity index is 622. The van der Waals surface area contributed by atoms with Crippen molar-refractivity contribution in [1.82, 2.24) is 0 Å². The molecule has 5 heteroatoms. The van der Waals surface area contributed by atoms with Crippen molar-refractivity contribution in [2.24, 2.45) is 5.41 Å². The van der Waals surface area contributed by atoms with Gasteiger partial charge in [-0.2, -0.15) is 0 Å². The molecule has 0 N–H and O–H groups in total. The van der Waals surface area contributed by atoms with Gasteiger partial charge in [0.05, 0.1) is 14.2 Å². The maximum Gasteiger partial charge on any atom is 0.324 e. The Labute approximate surface area is 145 Å². The quantitative estimate of drug-likeness (QED) is 0.431. The molecular formula is C18H19BrO4. The number of carbonyl (C=O) groups excluding carboxylic acids is 2. The number of methoxy groups -OCH3 is 2. The van der Waals surface area contributed by atoms with Crippen LogP contribution in [0.1, 0.15) is 25.3 Å². The Morgan fingerprint density at radius 2 is 1.74 bits per heavy atom. The van der Waals surface area contributed by atoms with Crippen LogP contribution in [0.2, 0.25) is 0 Å². The van der Waals surface area contributed by atoms with Gasteiger partial charge in [0.15, 0.2) is 5.41 Å². The van der Waals surface area contributed by atoms with Gasteiger partial charge < -0.3 is 9.47 Å². The Hall–Kier alpha value is -2.06.